The number of aromatic nitrogens is 3. The molecule has 0 spiro atoms. The molecule has 1 aromatic carbocycles. The molecule has 2 aromatic rings. The first-order valence-electron chi connectivity index (χ1n) is 6.24. The third-order valence-corrected chi connectivity index (χ3v) is 5.38. The first-order valence-corrected chi connectivity index (χ1v) is 8.52. The zero-order valence-electron chi connectivity index (χ0n) is 11.6. The number of rotatable bonds is 6. The third kappa shape index (κ3) is 3.88. The fourth-order valence-corrected chi connectivity index (χ4v) is 4.06. The van der Waals surface area contributed by atoms with Gasteiger partial charge in [-0.2, -0.15) is 5.10 Å². The van der Waals surface area contributed by atoms with Crippen molar-refractivity contribution < 1.29 is 8.42 Å². The van der Waals surface area contributed by atoms with Crippen LogP contribution in [0.5, 0.6) is 0 Å². The predicted octanol–water partition coefficient (Wildman–Crippen LogP) is 1.33. The molecule has 1 heterocycles. The molecule has 0 saturated carbocycles. The van der Waals surface area contributed by atoms with Gasteiger partial charge in [0.2, 0.25) is 10.0 Å². The summed E-state index contributed by atoms with van der Waals surface area (Å²) in [6, 6.07) is 4.72. The van der Waals surface area contributed by atoms with Crippen molar-refractivity contribution in [3.63, 3.8) is 0 Å². The molecule has 1 unspecified atom stereocenters. The molecule has 3 N–H and O–H groups in total. The Morgan fingerprint density at radius 1 is 1.43 bits per heavy atom. The van der Waals surface area contributed by atoms with Gasteiger partial charge >= 0.3 is 0 Å². The van der Waals surface area contributed by atoms with Gasteiger partial charge < -0.3 is 5.32 Å². The Morgan fingerprint density at radius 2 is 2.19 bits per heavy atom. The van der Waals surface area contributed by atoms with Gasteiger partial charge in [0.15, 0.2) is 0 Å². The predicted molar refractivity (Wildman–Crippen MR) is 82.0 cm³/mol. The van der Waals surface area contributed by atoms with E-state index in [-0.39, 0.29) is 4.90 Å². The molecule has 0 aliphatic heterocycles. The van der Waals surface area contributed by atoms with Gasteiger partial charge in [0.05, 0.1) is 10.9 Å². The standard InChI is InChI=1S/C12H16BrN5O2S/c1-8(12-15-7-16-17-12)18-21(19,20)11-5-9(6-14-2)3-4-10(11)13/h3-5,7-8,14,18H,6H2,1-2H3,(H,15,16,17). The third-order valence-electron chi connectivity index (χ3n) is 2.84. The van der Waals surface area contributed by atoms with Crippen LogP contribution in [0.4, 0.5) is 0 Å². The van der Waals surface area contributed by atoms with Crippen molar-refractivity contribution in [1.82, 2.24) is 25.2 Å². The molecular formula is C12H16BrN5O2S. The second-order valence-corrected chi connectivity index (χ2v) is 7.05. The van der Waals surface area contributed by atoms with E-state index in [2.05, 4.69) is 41.2 Å². The highest BCUT2D eigenvalue weighted by atomic mass is 79.9. The van der Waals surface area contributed by atoms with Gasteiger partial charge in [-0.25, -0.2) is 18.1 Å². The molecule has 0 aliphatic rings. The summed E-state index contributed by atoms with van der Waals surface area (Å²) in [5.74, 6) is 0.459. The molecule has 0 amide bonds. The summed E-state index contributed by atoms with van der Waals surface area (Å²) in [7, 11) is -1.86. The summed E-state index contributed by atoms with van der Waals surface area (Å²) in [5.41, 5.74) is 0.883. The van der Waals surface area contributed by atoms with Crippen molar-refractivity contribution in [2.24, 2.45) is 0 Å². The highest BCUT2D eigenvalue weighted by Crippen LogP contribution is 2.24. The topological polar surface area (TPSA) is 99.8 Å². The summed E-state index contributed by atoms with van der Waals surface area (Å²) in [6.45, 7) is 2.29. The minimum Gasteiger partial charge on any atom is -0.316 e. The molecule has 114 valence electrons. The molecule has 0 radical (unpaired) electrons. The van der Waals surface area contributed by atoms with Crippen molar-refractivity contribution in [2.45, 2.75) is 24.4 Å². The van der Waals surface area contributed by atoms with E-state index in [0.717, 1.165) is 5.56 Å². The maximum absolute atomic E-state index is 12.5. The highest BCUT2D eigenvalue weighted by molar-refractivity contribution is 9.10. The van der Waals surface area contributed by atoms with Crippen LogP contribution in [0.15, 0.2) is 33.9 Å². The van der Waals surface area contributed by atoms with E-state index in [1.165, 1.54) is 6.33 Å². The number of nitrogens with one attached hydrogen (secondary N) is 3. The maximum Gasteiger partial charge on any atom is 0.242 e. The van der Waals surface area contributed by atoms with Crippen LogP contribution in [0.1, 0.15) is 24.4 Å². The van der Waals surface area contributed by atoms with E-state index in [1.54, 1.807) is 26.1 Å². The molecule has 1 atom stereocenters. The maximum atomic E-state index is 12.5. The van der Waals surface area contributed by atoms with E-state index in [9.17, 15) is 8.42 Å². The number of benzene rings is 1. The first-order chi connectivity index (χ1) is 9.94. The van der Waals surface area contributed by atoms with Gasteiger partial charge in [-0.3, -0.25) is 5.10 Å². The second kappa shape index (κ2) is 6.65. The summed E-state index contributed by atoms with van der Waals surface area (Å²) < 4.78 is 28.1. The number of aromatic amines is 1. The molecule has 9 heteroatoms. The normalized spacial score (nSPS) is 13.3. The summed E-state index contributed by atoms with van der Waals surface area (Å²) in [5, 5.41) is 9.35. The van der Waals surface area contributed by atoms with Gasteiger partial charge in [0.1, 0.15) is 12.2 Å². The lowest BCUT2D eigenvalue weighted by Gasteiger charge is -2.14. The Kier molecular flexibility index (Phi) is 5.09. The van der Waals surface area contributed by atoms with E-state index < -0.39 is 16.1 Å². The molecule has 0 fully saturated rings. The van der Waals surface area contributed by atoms with Crippen molar-refractivity contribution in [3.05, 3.63) is 40.4 Å². The lowest BCUT2D eigenvalue weighted by molar-refractivity contribution is 0.559. The van der Waals surface area contributed by atoms with Gasteiger partial charge in [-0.1, -0.05) is 6.07 Å². The van der Waals surface area contributed by atoms with E-state index >= 15 is 0 Å². The van der Waals surface area contributed by atoms with Crippen LogP contribution in [0.3, 0.4) is 0 Å². The smallest absolute Gasteiger partial charge is 0.242 e. The van der Waals surface area contributed by atoms with Gasteiger partial charge in [0.25, 0.3) is 0 Å². The second-order valence-electron chi connectivity index (χ2n) is 4.51. The zero-order valence-corrected chi connectivity index (χ0v) is 14.0. The van der Waals surface area contributed by atoms with Gasteiger partial charge in [0, 0.05) is 11.0 Å². The number of hydrogen-bond donors (Lipinski definition) is 3. The molecular weight excluding hydrogens is 358 g/mol. The molecule has 21 heavy (non-hydrogen) atoms. The van der Waals surface area contributed by atoms with E-state index in [1.807, 2.05) is 6.07 Å². The van der Waals surface area contributed by atoms with Crippen LogP contribution in [0.2, 0.25) is 0 Å². The van der Waals surface area contributed by atoms with Crippen LogP contribution in [-0.4, -0.2) is 30.6 Å². The number of halogens is 1. The number of H-pyrrole nitrogens is 1. The highest BCUT2D eigenvalue weighted by Gasteiger charge is 2.22. The fraction of sp³-hybridized carbons (Fsp3) is 0.333. The number of nitrogens with zero attached hydrogens (tertiary/aromatic N) is 2. The minimum atomic E-state index is -3.67. The van der Waals surface area contributed by atoms with Crippen molar-refractivity contribution in [1.29, 1.82) is 0 Å². The Hall–Kier alpha value is -1.29. The quantitative estimate of drug-likeness (QED) is 0.708. The van der Waals surface area contributed by atoms with Gasteiger partial charge in [-0.05, 0) is 47.6 Å². The van der Waals surface area contributed by atoms with Crippen LogP contribution >= 0.6 is 15.9 Å². The molecule has 0 saturated heterocycles. The molecule has 1 aromatic heterocycles. The molecule has 0 aliphatic carbocycles. The molecule has 2 rings (SSSR count). The minimum absolute atomic E-state index is 0.196. The Bertz CT molecular complexity index is 702. The summed E-state index contributed by atoms with van der Waals surface area (Å²) in [4.78, 5) is 4.14. The fourth-order valence-electron chi connectivity index (χ4n) is 1.84. The zero-order chi connectivity index (χ0) is 15.5. The van der Waals surface area contributed by atoms with Crippen LogP contribution < -0.4 is 10.0 Å². The largest absolute Gasteiger partial charge is 0.316 e. The SMILES string of the molecule is CNCc1ccc(Br)c(S(=O)(=O)NC(C)c2ncn[nH]2)c1. The van der Waals surface area contributed by atoms with Crippen molar-refractivity contribution in [3.8, 4) is 0 Å². The van der Waals surface area contributed by atoms with Gasteiger partial charge in [-0.15, -0.1) is 0 Å². The number of hydrogen-bond acceptors (Lipinski definition) is 5. The summed E-state index contributed by atoms with van der Waals surface area (Å²) in [6.07, 6.45) is 1.34. The van der Waals surface area contributed by atoms with Crippen LogP contribution in [0.25, 0.3) is 0 Å². The van der Waals surface area contributed by atoms with E-state index in [4.69, 9.17) is 0 Å². The lowest BCUT2D eigenvalue weighted by atomic mass is 10.2. The van der Waals surface area contributed by atoms with E-state index in [0.29, 0.717) is 16.8 Å². The number of sulfonamides is 1. The average Bonchev–Trinajstić information content (AvgIpc) is 2.94. The molecule has 7 nitrogen and oxygen atoms in total. The first kappa shape index (κ1) is 16.1. The Balaban J connectivity index is 2.28. The molecule has 0 bridgehead atoms. The van der Waals surface area contributed by atoms with Crippen molar-refractivity contribution in [2.75, 3.05) is 7.05 Å². The van der Waals surface area contributed by atoms with Crippen LogP contribution in [0, 0.1) is 0 Å². The lowest BCUT2D eigenvalue weighted by Crippen LogP contribution is -2.28. The van der Waals surface area contributed by atoms with Crippen molar-refractivity contribution >= 4 is 26.0 Å². The monoisotopic (exact) mass is 373 g/mol. The Labute approximate surface area is 131 Å². The van der Waals surface area contributed by atoms with Crippen LogP contribution in [-0.2, 0) is 16.6 Å². The summed E-state index contributed by atoms with van der Waals surface area (Å²) >= 11 is 3.28. The average molecular weight is 374 g/mol. The Morgan fingerprint density at radius 3 is 2.81 bits per heavy atom.